The first-order chi connectivity index (χ1) is 6.32. The smallest absolute Gasteiger partial charge is 0.404 e. The first kappa shape index (κ1) is 10.7. The molecular weight excluding hydrogens is 216 g/mol. The lowest BCUT2D eigenvalue weighted by Crippen LogP contribution is -2.57. The van der Waals surface area contributed by atoms with Crippen LogP contribution in [0.25, 0.3) is 0 Å². The van der Waals surface area contributed by atoms with Crippen LogP contribution in [-0.2, 0) is 19.8 Å². The molecule has 0 unspecified atom stereocenters. The molecule has 8 nitrogen and oxygen atoms in total. The van der Waals surface area contributed by atoms with Crippen molar-refractivity contribution in [3.8, 4) is 0 Å². The van der Waals surface area contributed by atoms with Crippen molar-refractivity contribution in [2.45, 2.75) is 12.5 Å². The predicted octanol–water partition coefficient (Wildman–Crippen LogP) is -1.51. The van der Waals surface area contributed by atoms with Crippen LogP contribution in [0.4, 0.5) is 4.79 Å². The number of hydrogen-bond acceptors (Lipinski definition) is 5. The van der Waals surface area contributed by atoms with Crippen LogP contribution in [-0.4, -0.2) is 41.9 Å². The molecule has 1 heterocycles. The second kappa shape index (κ2) is 3.42. The highest BCUT2D eigenvalue weighted by Crippen LogP contribution is 2.22. The van der Waals surface area contributed by atoms with Crippen LogP contribution in [0.15, 0.2) is 0 Å². The van der Waals surface area contributed by atoms with Crippen LogP contribution in [0.5, 0.6) is 0 Å². The molecule has 0 radical (unpaired) electrons. The molecule has 3 N–H and O–H groups in total. The van der Waals surface area contributed by atoms with Crippen LogP contribution in [0.1, 0.15) is 6.42 Å². The summed E-state index contributed by atoms with van der Waals surface area (Å²) in [5, 5.41) is 0. The van der Waals surface area contributed by atoms with Gasteiger partial charge in [-0.1, -0.05) is 0 Å². The van der Waals surface area contributed by atoms with E-state index in [1.807, 2.05) is 0 Å². The molecule has 1 rings (SSSR count). The van der Waals surface area contributed by atoms with Gasteiger partial charge in [0.25, 0.3) is 0 Å². The van der Waals surface area contributed by atoms with Crippen molar-refractivity contribution >= 4 is 22.3 Å². The Kier molecular flexibility index (Phi) is 2.62. The normalized spacial score (nSPS) is 21.6. The molecule has 1 atom stereocenters. The number of amides is 2. The molecule has 1 fully saturated rings. The molecule has 0 aliphatic carbocycles. The van der Waals surface area contributed by atoms with Gasteiger partial charge in [-0.25, -0.2) is 9.10 Å². The number of carbonyl (C=O) groups is 2. The summed E-state index contributed by atoms with van der Waals surface area (Å²) >= 11 is 0. The molecule has 80 valence electrons. The van der Waals surface area contributed by atoms with Gasteiger partial charge in [-0.15, -0.1) is 0 Å². The molecule has 14 heavy (non-hydrogen) atoms. The minimum absolute atomic E-state index is 0.104. The Morgan fingerprint density at radius 2 is 2.29 bits per heavy atom. The van der Waals surface area contributed by atoms with E-state index in [0.29, 0.717) is 0 Å². The third-order valence-corrected chi connectivity index (χ3v) is 2.65. The van der Waals surface area contributed by atoms with Crippen molar-refractivity contribution in [1.29, 1.82) is 0 Å². The maximum Gasteiger partial charge on any atom is 0.404 e. The second-order valence-electron chi connectivity index (χ2n) is 2.66. The lowest BCUT2D eigenvalue weighted by atomic mass is 10.1. The number of ether oxygens (including phenoxy) is 1. The topological polar surface area (TPSA) is 127 Å². The van der Waals surface area contributed by atoms with Gasteiger partial charge >= 0.3 is 16.4 Å². The zero-order valence-electron chi connectivity index (χ0n) is 6.91. The number of rotatable bonds is 3. The van der Waals surface area contributed by atoms with Crippen molar-refractivity contribution in [1.82, 2.24) is 4.31 Å². The maximum absolute atomic E-state index is 10.7. The fraction of sp³-hybridized carbons (Fsp3) is 0.600. The number of primary amides is 1. The fourth-order valence-corrected chi connectivity index (χ4v) is 1.93. The van der Waals surface area contributed by atoms with Crippen molar-refractivity contribution in [3.05, 3.63) is 0 Å². The number of nitrogens with two attached hydrogens (primary N) is 1. The third kappa shape index (κ3) is 2.12. The molecule has 2 amide bonds. The van der Waals surface area contributed by atoms with Gasteiger partial charge in [-0.3, -0.25) is 9.35 Å². The van der Waals surface area contributed by atoms with Gasteiger partial charge in [0.1, 0.15) is 6.61 Å². The van der Waals surface area contributed by atoms with E-state index in [2.05, 4.69) is 10.5 Å². The molecule has 0 aromatic heterocycles. The summed E-state index contributed by atoms with van der Waals surface area (Å²) in [4.78, 5) is 20.9. The van der Waals surface area contributed by atoms with E-state index in [9.17, 15) is 18.0 Å². The first-order valence-electron chi connectivity index (χ1n) is 3.54. The molecule has 1 saturated heterocycles. The first-order valence-corrected chi connectivity index (χ1v) is 4.94. The molecule has 0 aromatic carbocycles. The number of β-lactam (4-membered cyclic amide) rings is 1. The van der Waals surface area contributed by atoms with Gasteiger partial charge in [0.05, 0.1) is 12.5 Å². The van der Waals surface area contributed by atoms with Crippen LogP contribution in [0.3, 0.4) is 0 Å². The summed E-state index contributed by atoms with van der Waals surface area (Å²) in [7, 11) is -4.56. The van der Waals surface area contributed by atoms with Crippen molar-refractivity contribution in [3.63, 3.8) is 0 Å². The quantitative estimate of drug-likeness (QED) is 0.443. The number of nitrogens with zero attached hydrogens (tertiary/aromatic N) is 1. The van der Waals surface area contributed by atoms with E-state index in [1.165, 1.54) is 0 Å². The van der Waals surface area contributed by atoms with Gasteiger partial charge in [-0.2, -0.15) is 8.42 Å². The van der Waals surface area contributed by atoms with Crippen molar-refractivity contribution in [2.24, 2.45) is 5.73 Å². The Morgan fingerprint density at radius 3 is 2.64 bits per heavy atom. The average Bonchev–Trinajstić information content (AvgIpc) is 1.92. The Morgan fingerprint density at radius 1 is 1.71 bits per heavy atom. The summed E-state index contributed by atoms with van der Waals surface area (Å²) in [5.74, 6) is -0.745. The molecule has 1 aliphatic heterocycles. The largest absolute Gasteiger partial charge is 0.447 e. The van der Waals surface area contributed by atoms with Gasteiger partial charge in [0, 0.05) is 0 Å². The summed E-state index contributed by atoms with van der Waals surface area (Å²) in [6.45, 7) is -0.346. The molecule has 1 aliphatic rings. The zero-order chi connectivity index (χ0) is 10.9. The molecule has 0 bridgehead atoms. The van der Waals surface area contributed by atoms with Gasteiger partial charge in [-0.05, 0) is 0 Å². The van der Waals surface area contributed by atoms with Crippen LogP contribution in [0, 0.1) is 0 Å². The Hall–Kier alpha value is -1.35. The SMILES string of the molecule is NC(=O)OC[C@@H]1CC(=O)N1S(=O)(=O)O. The minimum Gasteiger partial charge on any atom is -0.447 e. The minimum atomic E-state index is -4.56. The van der Waals surface area contributed by atoms with E-state index >= 15 is 0 Å². The lowest BCUT2D eigenvalue weighted by molar-refractivity contribution is -0.139. The molecule has 9 heteroatoms. The van der Waals surface area contributed by atoms with Crippen LogP contribution >= 0.6 is 0 Å². The Balaban J connectivity index is 2.58. The highest BCUT2D eigenvalue weighted by atomic mass is 32.2. The van der Waals surface area contributed by atoms with Crippen LogP contribution in [0.2, 0.25) is 0 Å². The highest BCUT2D eigenvalue weighted by Gasteiger charge is 2.44. The third-order valence-electron chi connectivity index (χ3n) is 1.65. The van der Waals surface area contributed by atoms with Crippen LogP contribution < -0.4 is 5.73 Å². The van der Waals surface area contributed by atoms with E-state index in [-0.39, 0.29) is 17.3 Å². The summed E-state index contributed by atoms with van der Waals surface area (Å²) < 4.78 is 34.2. The fourth-order valence-electron chi connectivity index (χ4n) is 1.09. The van der Waals surface area contributed by atoms with E-state index in [4.69, 9.17) is 4.55 Å². The van der Waals surface area contributed by atoms with Crippen molar-refractivity contribution in [2.75, 3.05) is 6.61 Å². The monoisotopic (exact) mass is 224 g/mol. The maximum atomic E-state index is 10.7. The summed E-state index contributed by atoms with van der Waals surface area (Å²) in [5.41, 5.74) is 4.63. The van der Waals surface area contributed by atoms with Gasteiger partial charge < -0.3 is 10.5 Å². The molecule has 0 saturated carbocycles. The molecule has 0 spiro atoms. The zero-order valence-corrected chi connectivity index (χ0v) is 7.73. The van der Waals surface area contributed by atoms with E-state index < -0.39 is 28.3 Å². The number of hydrogen-bond donors (Lipinski definition) is 2. The van der Waals surface area contributed by atoms with E-state index in [0.717, 1.165) is 0 Å². The summed E-state index contributed by atoms with van der Waals surface area (Å²) in [6.07, 6.45) is -1.17. The summed E-state index contributed by atoms with van der Waals surface area (Å²) in [6, 6.07) is -0.856. The Labute approximate surface area is 79.5 Å². The average molecular weight is 224 g/mol. The lowest BCUT2D eigenvalue weighted by Gasteiger charge is -2.35. The predicted molar refractivity (Wildman–Crippen MR) is 42.3 cm³/mol. The Bertz CT molecular complexity index is 362. The van der Waals surface area contributed by atoms with Gasteiger partial charge in [0.2, 0.25) is 5.91 Å². The molecular formula is C5H8N2O6S. The molecule has 0 aromatic rings. The second-order valence-corrected chi connectivity index (χ2v) is 3.94. The van der Waals surface area contributed by atoms with Gasteiger partial charge in [0.15, 0.2) is 0 Å². The number of carbonyl (C=O) groups excluding carboxylic acids is 2. The standard InChI is InChI=1S/C5H8N2O6S/c6-5(9)13-2-3-1-4(8)7(3)14(10,11)12/h3H,1-2H2,(H2,6,9)(H,10,11,12)/t3-/m0/s1. The highest BCUT2D eigenvalue weighted by molar-refractivity contribution is 7.84. The van der Waals surface area contributed by atoms with E-state index in [1.54, 1.807) is 0 Å². The van der Waals surface area contributed by atoms with Crippen molar-refractivity contribution < 1.29 is 27.3 Å².